The molecule has 100 valence electrons. The summed E-state index contributed by atoms with van der Waals surface area (Å²) in [6.07, 6.45) is 1.01. The predicted molar refractivity (Wildman–Crippen MR) is 66.3 cm³/mol. The molecule has 0 saturated heterocycles. The molecule has 1 aromatic rings. The molecular weight excluding hydrogens is 256 g/mol. The van der Waals surface area contributed by atoms with Gasteiger partial charge in [0.25, 0.3) is 0 Å². The van der Waals surface area contributed by atoms with E-state index in [1.54, 1.807) is 0 Å². The standard InChI is InChI=1S/C12H16O5S/c1-12(2,11(14)15)7-8-5-4-6-9(13)10(8)18(3,16)17/h4-6,13H,7H2,1-3H3,(H,14,15). The van der Waals surface area contributed by atoms with Gasteiger partial charge in [0.15, 0.2) is 9.84 Å². The van der Waals surface area contributed by atoms with Crippen LogP contribution in [-0.2, 0) is 21.1 Å². The molecule has 0 heterocycles. The Morgan fingerprint density at radius 3 is 2.33 bits per heavy atom. The van der Waals surface area contributed by atoms with Gasteiger partial charge in [0, 0.05) is 6.26 Å². The number of aliphatic carboxylic acids is 1. The number of hydrogen-bond acceptors (Lipinski definition) is 4. The van der Waals surface area contributed by atoms with E-state index in [2.05, 4.69) is 0 Å². The molecule has 0 unspecified atom stereocenters. The molecule has 0 amide bonds. The summed E-state index contributed by atoms with van der Waals surface area (Å²) >= 11 is 0. The highest BCUT2D eigenvalue weighted by Gasteiger charge is 2.30. The van der Waals surface area contributed by atoms with Gasteiger partial charge in [0.2, 0.25) is 0 Å². The van der Waals surface area contributed by atoms with Crippen molar-refractivity contribution in [1.29, 1.82) is 0 Å². The first-order valence-electron chi connectivity index (χ1n) is 5.30. The quantitative estimate of drug-likeness (QED) is 0.865. The second-order valence-electron chi connectivity index (χ2n) is 4.90. The topological polar surface area (TPSA) is 91.7 Å². The van der Waals surface area contributed by atoms with E-state index in [0.29, 0.717) is 5.56 Å². The second-order valence-corrected chi connectivity index (χ2v) is 6.86. The van der Waals surface area contributed by atoms with E-state index in [1.165, 1.54) is 32.0 Å². The average Bonchev–Trinajstić information content (AvgIpc) is 2.14. The van der Waals surface area contributed by atoms with Crippen molar-refractivity contribution in [2.45, 2.75) is 25.2 Å². The number of rotatable bonds is 4. The van der Waals surface area contributed by atoms with Gasteiger partial charge in [0.05, 0.1) is 5.41 Å². The van der Waals surface area contributed by atoms with E-state index >= 15 is 0 Å². The fraction of sp³-hybridized carbons (Fsp3) is 0.417. The maximum atomic E-state index is 11.6. The zero-order valence-electron chi connectivity index (χ0n) is 10.5. The summed E-state index contributed by atoms with van der Waals surface area (Å²) in [6, 6.07) is 4.28. The number of aromatic hydroxyl groups is 1. The van der Waals surface area contributed by atoms with Crippen molar-refractivity contribution in [3.05, 3.63) is 23.8 Å². The first kappa shape index (κ1) is 14.5. The Morgan fingerprint density at radius 1 is 1.33 bits per heavy atom. The highest BCUT2D eigenvalue weighted by molar-refractivity contribution is 7.90. The molecule has 0 aliphatic rings. The van der Waals surface area contributed by atoms with Gasteiger partial charge in [-0.25, -0.2) is 8.42 Å². The maximum Gasteiger partial charge on any atom is 0.309 e. The van der Waals surface area contributed by atoms with Gasteiger partial charge in [-0.05, 0) is 31.9 Å². The molecule has 18 heavy (non-hydrogen) atoms. The van der Waals surface area contributed by atoms with Gasteiger partial charge in [0.1, 0.15) is 10.6 Å². The van der Waals surface area contributed by atoms with Crippen LogP contribution < -0.4 is 0 Å². The smallest absolute Gasteiger partial charge is 0.309 e. The van der Waals surface area contributed by atoms with E-state index in [9.17, 15) is 18.3 Å². The number of phenolic OH excluding ortho intramolecular Hbond substituents is 1. The van der Waals surface area contributed by atoms with Crippen LogP contribution in [0.3, 0.4) is 0 Å². The molecule has 1 aromatic carbocycles. The second kappa shape index (κ2) is 4.61. The predicted octanol–water partition coefficient (Wildman–Crippen LogP) is 1.45. The lowest BCUT2D eigenvalue weighted by Crippen LogP contribution is -2.27. The van der Waals surface area contributed by atoms with Gasteiger partial charge < -0.3 is 10.2 Å². The summed E-state index contributed by atoms with van der Waals surface area (Å²) in [5, 5.41) is 18.7. The highest BCUT2D eigenvalue weighted by Crippen LogP contribution is 2.31. The van der Waals surface area contributed by atoms with Gasteiger partial charge in [-0.2, -0.15) is 0 Å². The molecule has 0 aliphatic heterocycles. The van der Waals surface area contributed by atoms with Gasteiger partial charge >= 0.3 is 5.97 Å². The number of carboxylic acid groups (broad SMARTS) is 1. The van der Waals surface area contributed by atoms with Gasteiger partial charge in [-0.3, -0.25) is 4.79 Å². The Labute approximate surface area is 106 Å². The molecule has 0 bridgehead atoms. The lowest BCUT2D eigenvalue weighted by molar-refractivity contribution is -0.146. The molecule has 0 spiro atoms. The average molecular weight is 272 g/mol. The van der Waals surface area contributed by atoms with Crippen LogP contribution >= 0.6 is 0 Å². The fourth-order valence-corrected chi connectivity index (χ4v) is 2.75. The molecule has 0 fully saturated rings. The number of sulfone groups is 1. The molecular formula is C12H16O5S. The molecule has 0 radical (unpaired) electrons. The van der Waals surface area contributed by atoms with Crippen LogP contribution in [0.25, 0.3) is 0 Å². The third-order valence-electron chi connectivity index (χ3n) is 2.66. The molecule has 5 nitrogen and oxygen atoms in total. The van der Waals surface area contributed by atoms with Crippen molar-refractivity contribution >= 4 is 15.8 Å². The van der Waals surface area contributed by atoms with Crippen molar-refractivity contribution in [3.8, 4) is 5.75 Å². The zero-order valence-corrected chi connectivity index (χ0v) is 11.3. The third kappa shape index (κ3) is 3.01. The third-order valence-corrected chi connectivity index (χ3v) is 3.87. The Balaban J connectivity index is 3.36. The van der Waals surface area contributed by atoms with Crippen LogP contribution in [-0.4, -0.2) is 30.9 Å². The van der Waals surface area contributed by atoms with E-state index in [4.69, 9.17) is 5.11 Å². The van der Waals surface area contributed by atoms with E-state index in [1.807, 2.05) is 0 Å². The molecule has 0 atom stereocenters. The Hall–Kier alpha value is -1.56. The van der Waals surface area contributed by atoms with Crippen LogP contribution in [0.1, 0.15) is 19.4 Å². The monoisotopic (exact) mass is 272 g/mol. The summed E-state index contributed by atoms with van der Waals surface area (Å²) in [4.78, 5) is 10.9. The summed E-state index contributed by atoms with van der Waals surface area (Å²) in [5.74, 6) is -1.37. The number of hydrogen-bond donors (Lipinski definition) is 2. The van der Waals surface area contributed by atoms with E-state index < -0.39 is 21.2 Å². The fourth-order valence-electron chi connectivity index (χ4n) is 1.69. The zero-order chi connectivity index (χ0) is 14.1. The van der Waals surface area contributed by atoms with Crippen LogP contribution in [0.15, 0.2) is 23.1 Å². The summed E-state index contributed by atoms with van der Waals surface area (Å²) in [7, 11) is -3.61. The van der Waals surface area contributed by atoms with E-state index in [0.717, 1.165) is 6.26 Å². The first-order chi connectivity index (χ1) is 8.05. The lowest BCUT2D eigenvalue weighted by Gasteiger charge is -2.20. The highest BCUT2D eigenvalue weighted by atomic mass is 32.2. The van der Waals surface area contributed by atoms with Crippen molar-refractivity contribution in [2.24, 2.45) is 5.41 Å². The van der Waals surface area contributed by atoms with Crippen LogP contribution in [0, 0.1) is 5.41 Å². The largest absolute Gasteiger partial charge is 0.507 e. The Morgan fingerprint density at radius 2 is 1.89 bits per heavy atom. The van der Waals surface area contributed by atoms with Crippen molar-refractivity contribution < 1.29 is 23.4 Å². The minimum Gasteiger partial charge on any atom is -0.507 e. The van der Waals surface area contributed by atoms with Crippen molar-refractivity contribution in [1.82, 2.24) is 0 Å². The minimum absolute atomic E-state index is 0.0269. The molecule has 6 heteroatoms. The minimum atomic E-state index is -3.61. The van der Waals surface area contributed by atoms with Gasteiger partial charge in [-0.15, -0.1) is 0 Å². The van der Waals surface area contributed by atoms with Crippen LogP contribution in [0.2, 0.25) is 0 Å². The maximum absolute atomic E-state index is 11.6. The van der Waals surface area contributed by atoms with Crippen LogP contribution in [0.4, 0.5) is 0 Å². The molecule has 2 N–H and O–H groups in total. The molecule has 1 rings (SSSR count). The lowest BCUT2D eigenvalue weighted by atomic mass is 9.86. The number of phenols is 1. The first-order valence-corrected chi connectivity index (χ1v) is 7.19. The number of carbonyl (C=O) groups is 1. The van der Waals surface area contributed by atoms with Crippen molar-refractivity contribution in [3.63, 3.8) is 0 Å². The normalized spacial score (nSPS) is 12.4. The molecule has 0 aromatic heterocycles. The SMILES string of the molecule is CC(C)(Cc1cccc(O)c1S(C)(=O)=O)C(=O)O. The Kier molecular flexibility index (Phi) is 3.71. The number of carboxylic acids is 1. The summed E-state index contributed by atoms with van der Waals surface area (Å²) < 4.78 is 23.2. The molecule has 0 aliphatic carbocycles. The van der Waals surface area contributed by atoms with Gasteiger partial charge in [-0.1, -0.05) is 12.1 Å². The summed E-state index contributed by atoms with van der Waals surface area (Å²) in [5.41, 5.74) is -0.794. The molecule has 0 saturated carbocycles. The van der Waals surface area contributed by atoms with E-state index in [-0.39, 0.29) is 17.1 Å². The Bertz CT molecular complexity index is 572. The van der Waals surface area contributed by atoms with Crippen LogP contribution in [0.5, 0.6) is 5.75 Å². The number of benzene rings is 1. The van der Waals surface area contributed by atoms with Crippen molar-refractivity contribution in [2.75, 3.05) is 6.26 Å². The summed E-state index contributed by atoms with van der Waals surface area (Å²) in [6.45, 7) is 3.01.